The van der Waals surface area contributed by atoms with Gasteiger partial charge in [-0.15, -0.1) is 0 Å². The zero-order valence-corrected chi connectivity index (χ0v) is 21.6. The number of hydrogen-bond donors (Lipinski definition) is 1. The van der Waals surface area contributed by atoms with Crippen molar-refractivity contribution in [1.29, 1.82) is 0 Å². The second-order valence-corrected chi connectivity index (χ2v) is 11.3. The number of piperidine rings is 1. The number of nitrogens with one attached hydrogen (secondary N) is 1. The van der Waals surface area contributed by atoms with Crippen molar-refractivity contribution in [2.75, 3.05) is 44.6 Å². The summed E-state index contributed by atoms with van der Waals surface area (Å²) in [6, 6.07) is 13.0. The van der Waals surface area contributed by atoms with E-state index in [1.807, 2.05) is 36.4 Å². The largest absolute Gasteiger partial charge is 0.490 e. The normalized spacial score (nSPS) is 16.9. The number of anilines is 1. The first-order chi connectivity index (χ1) is 16.9. The number of hydrogen-bond acceptors (Lipinski definition) is 5. The van der Waals surface area contributed by atoms with Gasteiger partial charge in [-0.1, -0.05) is 32.0 Å². The molecule has 0 bridgehead atoms. The van der Waals surface area contributed by atoms with Crippen LogP contribution in [0.3, 0.4) is 0 Å². The minimum Gasteiger partial charge on any atom is -0.490 e. The van der Waals surface area contributed by atoms with Crippen LogP contribution in [0.2, 0.25) is 0 Å². The van der Waals surface area contributed by atoms with Crippen molar-refractivity contribution in [3.63, 3.8) is 0 Å². The molecule has 0 atom stereocenters. The van der Waals surface area contributed by atoms with Gasteiger partial charge >= 0.3 is 0 Å². The first kappa shape index (κ1) is 25.7. The Hall–Kier alpha value is -2.42. The molecule has 0 aromatic heterocycles. The van der Waals surface area contributed by atoms with Gasteiger partial charge in [0.25, 0.3) is 0 Å². The molecule has 2 aromatic carbocycles. The third-order valence-electron chi connectivity index (χ3n) is 7.24. The van der Waals surface area contributed by atoms with Gasteiger partial charge in [-0.2, -0.15) is 4.31 Å². The third-order valence-corrected chi connectivity index (χ3v) is 9.13. The van der Waals surface area contributed by atoms with Crippen LogP contribution >= 0.6 is 0 Å². The van der Waals surface area contributed by atoms with Gasteiger partial charge in [0.15, 0.2) is 0 Å². The summed E-state index contributed by atoms with van der Waals surface area (Å²) in [7, 11) is -3.54. The molecule has 1 N–H and O–H groups in total. The molecular weight excluding hydrogens is 462 g/mol. The van der Waals surface area contributed by atoms with Crippen molar-refractivity contribution >= 4 is 21.6 Å². The molecule has 1 aliphatic carbocycles. The van der Waals surface area contributed by atoms with Crippen LogP contribution in [-0.4, -0.2) is 62.9 Å². The third kappa shape index (κ3) is 6.05. The maximum Gasteiger partial charge on any atom is 0.243 e. The highest BCUT2D eigenvalue weighted by atomic mass is 32.2. The highest BCUT2D eigenvalue weighted by molar-refractivity contribution is 7.89. The fraction of sp³-hybridized carbons (Fsp3) is 0.519. The first-order valence-corrected chi connectivity index (χ1v) is 14.2. The van der Waals surface area contributed by atoms with Gasteiger partial charge in [-0.05, 0) is 80.6 Å². The average Bonchev–Trinajstić information content (AvgIpc) is 3.36. The number of sulfonamides is 1. The van der Waals surface area contributed by atoms with E-state index in [0.29, 0.717) is 48.9 Å². The van der Waals surface area contributed by atoms with Crippen molar-refractivity contribution in [2.24, 2.45) is 5.92 Å². The molecule has 4 rings (SSSR count). The van der Waals surface area contributed by atoms with Gasteiger partial charge in [0.2, 0.25) is 15.9 Å². The SMILES string of the molecule is CCN(CC)CCOc1ccccc1NC(=O)C1CCN(S(=O)(=O)c2ccc3c(c2)CCC3)CC1. The lowest BCUT2D eigenvalue weighted by Crippen LogP contribution is -2.41. The number of para-hydroxylation sites is 2. The summed E-state index contributed by atoms with van der Waals surface area (Å²) in [5.41, 5.74) is 3.07. The van der Waals surface area contributed by atoms with Gasteiger partial charge < -0.3 is 15.0 Å². The van der Waals surface area contributed by atoms with E-state index in [2.05, 4.69) is 24.1 Å². The van der Waals surface area contributed by atoms with E-state index in [0.717, 1.165) is 44.5 Å². The highest BCUT2D eigenvalue weighted by Crippen LogP contribution is 2.30. The van der Waals surface area contributed by atoms with Crippen LogP contribution in [0.1, 0.15) is 44.2 Å². The number of fused-ring (bicyclic) bond motifs is 1. The number of rotatable bonds is 10. The Balaban J connectivity index is 1.33. The second-order valence-electron chi connectivity index (χ2n) is 9.32. The van der Waals surface area contributed by atoms with Crippen LogP contribution in [0.4, 0.5) is 5.69 Å². The van der Waals surface area contributed by atoms with Crippen LogP contribution in [-0.2, 0) is 27.7 Å². The zero-order valence-electron chi connectivity index (χ0n) is 20.8. The maximum atomic E-state index is 13.2. The molecule has 1 saturated heterocycles. The molecule has 190 valence electrons. The Labute approximate surface area is 209 Å². The molecule has 8 heteroatoms. The standard InChI is InChI=1S/C27H37N3O4S/c1-3-29(4-2)18-19-34-26-11-6-5-10-25(26)28-27(31)22-14-16-30(17-15-22)35(32,33)24-13-12-21-8-7-9-23(21)20-24/h5-6,10-13,20,22H,3-4,7-9,14-19H2,1-2H3,(H,28,31). The summed E-state index contributed by atoms with van der Waals surface area (Å²) in [4.78, 5) is 15.7. The summed E-state index contributed by atoms with van der Waals surface area (Å²) in [5, 5.41) is 3.01. The van der Waals surface area contributed by atoms with E-state index in [1.54, 1.807) is 6.07 Å². The van der Waals surface area contributed by atoms with Crippen molar-refractivity contribution in [3.8, 4) is 5.75 Å². The molecule has 35 heavy (non-hydrogen) atoms. The van der Waals surface area contributed by atoms with Gasteiger partial charge in [-0.25, -0.2) is 8.42 Å². The zero-order chi connectivity index (χ0) is 24.8. The molecular formula is C27H37N3O4S. The van der Waals surface area contributed by atoms with Crippen LogP contribution in [0, 0.1) is 5.92 Å². The monoisotopic (exact) mass is 499 g/mol. The number of carbonyl (C=O) groups excluding carboxylic acids is 1. The lowest BCUT2D eigenvalue weighted by Gasteiger charge is -2.30. The summed E-state index contributed by atoms with van der Waals surface area (Å²) < 4.78 is 33.9. The van der Waals surface area contributed by atoms with Crippen LogP contribution in [0.15, 0.2) is 47.4 Å². The molecule has 1 aliphatic heterocycles. The number of nitrogens with zero attached hydrogens (tertiary/aromatic N) is 2. The van der Waals surface area contributed by atoms with Crippen molar-refractivity contribution < 1.29 is 17.9 Å². The average molecular weight is 500 g/mol. The maximum absolute atomic E-state index is 13.2. The minimum atomic E-state index is -3.54. The second kappa shape index (κ2) is 11.5. The Morgan fingerprint density at radius 1 is 1.06 bits per heavy atom. The molecule has 2 aliphatic rings. The van der Waals surface area contributed by atoms with E-state index in [4.69, 9.17) is 4.74 Å². The van der Waals surface area contributed by atoms with E-state index in [-0.39, 0.29) is 11.8 Å². The number of likely N-dealkylation sites (N-methyl/N-ethyl adjacent to an activating group) is 1. The summed E-state index contributed by atoms with van der Waals surface area (Å²) in [5.74, 6) is 0.342. The Morgan fingerprint density at radius 3 is 2.51 bits per heavy atom. The molecule has 1 heterocycles. The lowest BCUT2D eigenvalue weighted by molar-refractivity contribution is -0.120. The molecule has 1 fully saturated rings. The number of ether oxygens (including phenoxy) is 1. The van der Waals surface area contributed by atoms with E-state index < -0.39 is 10.0 Å². The van der Waals surface area contributed by atoms with Crippen LogP contribution < -0.4 is 10.1 Å². The van der Waals surface area contributed by atoms with Crippen molar-refractivity contribution in [2.45, 2.75) is 50.8 Å². The summed E-state index contributed by atoms with van der Waals surface area (Å²) in [6.07, 6.45) is 4.06. The molecule has 7 nitrogen and oxygen atoms in total. The predicted molar refractivity (Wildman–Crippen MR) is 138 cm³/mol. The minimum absolute atomic E-state index is 0.0839. The quantitative estimate of drug-likeness (QED) is 0.536. The number of carbonyl (C=O) groups is 1. The molecule has 0 unspecified atom stereocenters. The van der Waals surface area contributed by atoms with Gasteiger partial charge in [0, 0.05) is 25.6 Å². The molecule has 2 aromatic rings. The lowest BCUT2D eigenvalue weighted by atomic mass is 9.97. The van der Waals surface area contributed by atoms with Gasteiger partial charge in [0.05, 0.1) is 10.6 Å². The Morgan fingerprint density at radius 2 is 1.77 bits per heavy atom. The molecule has 0 spiro atoms. The van der Waals surface area contributed by atoms with Crippen molar-refractivity contribution in [3.05, 3.63) is 53.6 Å². The number of benzene rings is 2. The fourth-order valence-corrected chi connectivity index (χ4v) is 6.49. The Bertz CT molecular complexity index is 1120. The van der Waals surface area contributed by atoms with E-state index >= 15 is 0 Å². The highest BCUT2D eigenvalue weighted by Gasteiger charge is 2.33. The number of amides is 1. The molecule has 1 amide bonds. The van der Waals surface area contributed by atoms with Crippen LogP contribution in [0.25, 0.3) is 0 Å². The van der Waals surface area contributed by atoms with Gasteiger partial charge in [0.1, 0.15) is 12.4 Å². The smallest absolute Gasteiger partial charge is 0.243 e. The first-order valence-electron chi connectivity index (χ1n) is 12.8. The van der Waals surface area contributed by atoms with Gasteiger partial charge in [-0.3, -0.25) is 4.79 Å². The fourth-order valence-electron chi connectivity index (χ4n) is 4.97. The number of aryl methyl sites for hydroxylation is 2. The molecule has 0 saturated carbocycles. The van der Waals surface area contributed by atoms with E-state index in [9.17, 15) is 13.2 Å². The Kier molecular flexibility index (Phi) is 8.46. The van der Waals surface area contributed by atoms with Crippen molar-refractivity contribution in [1.82, 2.24) is 9.21 Å². The predicted octanol–water partition coefficient (Wildman–Crippen LogP) is 3.94. The van der Waals surface area contributed by atoms with Crippen LogP contribution in [0.5, 0.6) is 5.75 Å². The molecule has 0 radical (unpaired) electrons. The summed E-state index contributed by atoms with van der Waals surface area (Å²) in [6.45, 7) is 8.26. The van der Waals surface area contributed by atoms with E-state index in [1.165, 1.54) is 9.87 Å². The topological polar surface area (TPSA) is 79.0 Å². The summed E-state index contributed by atoms with van der Waals surface area (Å²) >= 11 is 0.